The van der Waals surface area contributed by atoms with E-state index in [0.29, 0.717) is 5.78 Å². The molecular weight excluding hydrogens is 204 g/mol. The highest BCUT2D eigenvalue weighted by Crippen LogP contribution is 2.17. The first-order chi connectivity index (χ1) is 6.80. The van der Waals surface area contributed by atoms with Gasteiger partial charge < -0.3 is 0 Å². The largest absolute Gasteiger partial charge is 0.298 e. The van der Waals surface area contributed by atoms with Crippen LogP contribution in [0.1, 0.15) is 71.6 Å². The Morgan fingerprint density at radius 3 is 1.93 bits per heavy atom. The summed E-state index contributed by atoms with van der Waals surface area (Å²) in [5, 5.41) is 0.0226. The highest BCUT2D eigenvalue weighted by molar-refractivity contribution is 7.81. The van der Waals surface area contributed by atoms with Crippen molar-refractivity contribution in [3.05, 3.63) is 0 Å². The quantitative estimate of drug-likeness (QED) is 0.610. The molecule has 1 aliphatic carbocycles. The molecule has 0 aromatic rings. The molecule has 1 rings (SSSR count). The minimum absolute atomic E-state index is 0. The number of Topliss-reactive ketones (excluding diaryl/α,β-unsaturated/α-hetero) is 1. The summed E-state index contributed by atoms with van der Waals surface area (Å²) < 4.78 is 0. The fraction of sp³-hybridized carbons (Fsp3) is 0.923. The molecule has 0 saturated heterocycles. The van der Waals surface area contributed by atoms with Crippen LogP contribution in [-0.2, 0) is 4.79 Å². The second kappa shape index (κ2) is 9.26. The second-order valence-electron chi connectivity index (χ2n) is 4.35. The van der Waals surface area contributed by atoms with Gasteiger partial charge in [0, 0.05) is 6.42 Å². The van der Waals surface area contributed by atoms with E-state index in [9.17, 15) is 4.79 Å². The van der Waals surface area contributed by atoms with Crippen LogP contribution in [0.5, 0.6) is 0 Å². The van der Waals surface area contributed by atoms with Crippen molar-refractivity contribution in [2.75, 3.05) is 0 Å². The third-order valence-corrected chi connectivity index (χ3v) is 3.57. The molecule has 1 fully saturated rings. The van der Waals surface area contributed by atoms with E-state index < -0.39 is 0 Å². The molecule has 15 heavy (non-hydrogen) atoms. The van der Waals surface area contributed by atoms with Crippen LogP contribution in [0.4, 0.5) is 0 Å². The topological polar surface area (TPSA) is 17.1 Å². The number of carbonyl (C=O) groups excluding carboxylic acids is 1. The summed E-state index contributed by atoms with van der Waals surface area (Å²) in [5.41, 5.74) is 0. The van der Waals surface area contributed by atoms with Crippen molar-refractivity contribution in [1.29, 1.82) is 0 Å². The summed E-state index contributed by atoms with van der Waals surface area (Å²) in [6, 6.07) is 0. The number of hydrogen-bond donors (Lipinski definition) is 1. The maximum atomic E-state index is 11.6. The zero-order valence-corrected chi connectivity index (χ0v) is 9.90. The van der Waals surface area contributed by atoms with Gasteiger partial charge in [-0.05, 0) is 12.8 Å². The molecule has 2 heteroatoms. The SMILES string of the molecule is C.O=C1CCCCCCCCCCC1S. The van der Waals surface area contributed by atoms with Gasteiger partial charge in [-0.1, -0.05) is 52.4 Å². The summed E-state index contributed by atoms with van der Waals surface area (Å²) >= 11 is 4.37. The average molecular weight is 230 g/mol. The van der Waals surface area contributed by atoms with Gasteiger partial charge in [0.15, 0.2) is 0 Å². The molecule has 0 spiro atoms. The van der Waals surface area contributed by atoms with Crippen molar-refractivity contribution < 1.29 is 4.79 Å². The fourth-order valence-corrected chi connectivity index (χ4v) is 2.34. The standard InChI is InChI=1S/C12H22OS.CH4/c13-11-9-7-5-3-1-2-4-6-8-10-12(11)14;/h12,14H,1-10H2;1H4. The van der Waals surface area contributed by atoms with Crippen molar-refractivity contribution in [3.63, 3.8) is 0 Å². The Morgan fingerprint density at radius 2 is 1.33 bits per heavy atom. The van der Waals surface area contributed by atoms with Crippen molar-refractivity contribution in [1.82, 2.24) is 0 Å². The minimum Gasteiger partial charge on any atom is -0.298 e. The third kappa shape index (κ3) is 6.99. The smallest absolute Gasteiger partial charge is 0.145 e. The summed E-state index contributed by atoms with van der Waals surface area (Å²) in [4.78, 5) is 11.6. The summed E-state index contributed by atoms with van der Waals surface area (Å²) in [5.74, 6) is 0.369. The molecule has 1 saturated carbocycles. The Balaban J connectivity index is 0.00000196. The number of rotatable bonds is 0. The lowest BCUT2D eigenvalue weighted by molar-refractivity contribution is -0.118. The van der Waals surface area contributed by atoms with Gasteiger partial charge in [-0.3, -0.25) is 4.79 Å². The Bertz CT molecular complexity index is 168. The van der Waals surface area contributed by atoms with Crippen LogP contribution >= 0.6 is 12.6 Å². The lowest BCUT2D eigenvalue weighted by Crippen LogP contribution is -2.14. The van der Waals surface area contributed by atoms with E-state index in [-0.39, 0.29) is 12.7 Å². The van der Waals surface area contributed by atoms with Crippen LogP contribution in [0.3, 0.4) is 0 Å². The molecular formula is C13H26OS. The highest BCUT2D eigenvalue weighted by atomic mass is 32.1. The lowest BCUT2D eigenvalue weighted by Gasteiger charge is -2.11. The molecule has 0 radical (unpaired) electrons. The van der Waals surface area contributed by atoms with Gasteiger partial charge in [-0.15, -0.1) is 0 Å². The molecule has 0 amide bonds. The highest BCUT2D eigenvalue weighted by Gasteiger charge is 2.13. The van der Waals surface area contributed by atoms with Crippen molar-refractivity contribution in [2.45, 2.75) is 76.9 Å². The predicted molar refractivity (Wildman–Crippen MR) is 70.7 cm³/mol. The van der Waals surface area contributed by atoms with E-state index in [2.05, 4.69) is 12.6 Å². The maximum absolute atomic E-state index is 11.6. The van der Waals surface area contributed by atoms with Gasteiger partial charge in [-0.25, -0.2) is 0 Å². The van der Waals surface area contributed by atoms with E-state index >= 15 is 0 Å². The molecule has 1 atom stereocenters. The zero-order chi connectivity index (χ0) is 10.2. The van der Waals surface area contributed by atoms with Gasteiger partial charge in [-0.2, -0.15) is 12.6 Å². The van der Waals surface area contributed by atoms with Gasteiger partial charge >= 0.3 is 0 Å². The molecule has 0 heterocycles. The van der Waals surface area contributed by atoms with Crippen LogP contribution in [0.15, 0.2) is 0 Å². The van der Waals surface area contributed by atoms with E-state index in [0.717, 1.165) is 19.3 Å². The van der Waals surface area contributed by atoms with Crippen LogP contribution in [-0.4, -0.2) is 11.0 Å². The summed E-state index contributed by atoms with van der Waals surface area (Å²) in [6.07, 6.45) is 11.9. The molecule has 1 unspecified atom stereocenters. The molecule has 90 valence electrons. The Morgan fingerprint density at radius 1 is 0.867 bits per heavy atom. The van der Waals surface area contributed by atoms with Crippen LogP contribution < -0.4 is 0 Å². The Hall–Kier alpha value is 0.0200. The van der Waals surface area contributed by atoms with Gasteiger partial charge in [0.2, 0.25) is 0 Å². The second-order valence-corrected chi connectivity index (χ2v) is 4.97. The van der Waals surface area contributed by atoms with Gasteiger partial charge in [0.1, 0.15) is 5.78 Å². The number of hydrogen-bond acceptors (Lipinski definition) is 2. The van der Waals surface area contributed by atoms with E-state index in [1.807, 2.05) is 0 Å². The molecule has 0 bridgehead atoms. The first-order valence-corrected chi connectivity index (χ1v) is 6.53. The average Bonchev–Trinajstić information content (AvgIpc) is 2.18. The number of ketones is 1. The van der Waals surface area contributed by atoms with Gasteiger partial charge in [0.05, 0.1) is 5.25 Å². The number of thiol groups is 1. The van der Waals surface area contributed by atoms with Crippen LogP contribution in [0, 0.1) is 0 Å². The van der Waals surface area contributed by atoms with Crippen molar-refractivity contribution >= 4 is 18.4 Å². The van der Waals surface area contributed by atoms with Crippen molar-refractivity contribution in [2.24, 2.45) is 0 Å². The summed E-state index contributed by atoms with van der Waals surface area (Å²) in [6.45, 7) is 0. The fourth-order valence-electron chi connectivity index (χ4n) is 2.03. The van der Waals surface area contributed by atoms with Crippen LogP contribution in [0.25, 0.3) is 0 Å². The van der Waals surface area contributed by atoms with E-state index in [1.54, 1.807) is 0 Å². The first-order valence-electron chi connectivity index (χ1n) is 6.01. The van der Waals surface area contributed by atoms with Crippen LogP contribution in [0.2, 0.25) is 0 Å². The Labute approximate surface area is 100 Å². The van der Waals surface area contributed by atoms with Gasteiger partial charge in [0.25, 0.3) is 0 Å². The first kappa shape index (κ1) is 15.0. The minimum atomic E-state index is 0. The normalized spacial score (nSPS) is 25.9. The van der Waals surface area contributed by atoms with Crippen molar-refractivity contribution in [3.8, 4) is 0 Å². The molecule has 0 aromatic heterocycles. The molecule has 0 N–H and O–H groups in total. The van der Waals surface area contributed by atoms with E-state index in [1.165, 1.54) is 44.9 Å². The predicted octanol–water partition coefficient (Wildman–Crippen LogP) is 4.40. The zero-order valence-electron chi connectivity index (χ0n) is 9.00. The molecule has 0 aliphatic heterocycles. The van der Waals surface area contributed by atoms with E-state index in [4.69, 9.17) is 0 Å². The lowest BCUT2D eigenvalue weighted by atomic mass is 10.0. The number of carbonyl (C=O) groups is 1. The molecule has 1 nitrogen and oxygen atoms in total. The Kier molecular flexibility index (Phi) is 9.27. The summed E-state index contributed by atoms with van der Waals surface area (Å²) in [7, 11) is 0. The third-order valence-electron chi connectivity index (χ3n) is 3.02. The monoisotopic (exact) mass is 230 g/mol. The molecule has 1 aliphatic rings. The molecule has 0 aromatic carbocycles. The maximum Gasteiger partial charge on any atom is 0.145 e.